The van der Waals surface area contributed by atoms with Crippen LogP contribution in [0.25, 0.3) is 0 Å². The highest BCUT2D eigenvalue weighted by Crippen LogP contribution is 2.39. The van der Waals surface area contributed by atoms with Gasteiger partial charge in [0.1, 0.15) is 5.54 Å². The van der Waals surface area contributed by atoms with Gasteiger partial charge in [-0.1, -0.05) is 30.3 Å². The number of imidazole rings is 1. The predicted octanol–water partition coefficient (Wildman–Crippen LogP) is 3.10. The lowest BCUT2D eigenvalue weighted by molar-refractivity contribution is -0.147. The molecule has 3 heterocycles. The maximum atomic E-state index is 13.5. The largest absolute Gasteiger partial charge is 0.341 e. The summed E-state index contributed by atoms with van der Waals surface area (Å²) in [6, 6.07) is 10.5. The van der Waals surface area contributed by atoms with E-state index < -0.39 is 0 Å². The molecule has 1 aromatic carbocycles. The molecule has 0 aliphatic carbocycles. The van der Waals surface area contributed by atoms with Gasteiger partial charge in [0.2, 0.25) is 5.91 Å². The fraction of sp³-hybridized carbons (Fsp3) is 0.545. The van der Waals surface area contributed by atoms with Crippen molar-refractivity contribution in [2.24, 2.45) is 0 Å². The summed E-state index contributed by atoms with van der Waals surface area (Å²) in [5.41, 5.74) is 2.23. The van der Waals surface area contributed by atoms with E-state index in [0.717, 1.165) is 64.8 Å². The molecular weight excluding hydrogens is 336 g/mol. The first-order valence-corrected chi connectivity index (χ1v) is 10.3. The van der Waals surface area contributed by atoms with Crippen molar-refractivity contribution >= 4 is 5.91 Å². The molecule has 2 saturated heterocycles. The average Bonchev–Trinajstić information content (AvgIpc) is 3.32. The number of rotatable bonds is 6. The first kappa shape index (κ1) is 18.2. The first-order chi connectivity index (χ1) is 13.2. The van der Waals surface area contributed by atoms with E-state index in [0.29, 0.717) is 5.91 Å². The van der Waals surface area contributed by atoms with Gasteiger partial charge in [0.15, 0.2) is 0 Å². The molecule has 2 aliphatic heterocycles. The van der Waals surface area contributed by atoms with Gasteiger partial charge in [-0.25, -0.2) is 4.98 Å². The number of likely N-dealkylation sites (tertiary alicyclic amines) is 2. The van der Waals surface area contributed by atoms with E-state index in [-0.39, 0.29) is 5.54 Å². The summed E-state index contributed by atoms with van der Waals surface area (Å²) in [7, 11) is 0. The van der Waals surface area contributed by atoms with Crippen LogP contribution in [0, 0.1) is 0 Å². The third-order valence-electron chi connectivity index (χ3n) is 6.33. The minimum absolute atomic E-state index is 0.294. The number of aryl methyl sites for hydroxylation is 1. The number of hydrogen-bond acceptors (Lipinski definition) is 3. The van der Waals surface area contributed by atoms with Crippen molar-refractivity contribution in [2.75, 3.05) is 19.6 Å². The van der Waals surface area contributed by atoms with Gasteiger partial charge in [0.25, 0.3) is 0 Å². The molecule has 2 aliphatic rings. The maximum Gasteiger partial charge on any atom is 0.243 e. The zero-order valence-electron chi connectivity index (χ0n) is 16.3. The molecule has 5 heteroatoms. The Bertz CT molecular complexity index is 772. The van der Waals surface area contributed by atoms with Gasteiger partial charge in [0.05, 0.1) is 12.0 Å². The highest BCUT2D eigenvalue weighted by Gasteiger charge is 2.50. The Morgan fingerprint density at radius 2 is 1.89 bits per heavy atom. The quantitative estimate of drug-likeness (QED) is 0.789. The summed E-state index contributed by atoms with van der Waals surface area (Å²) >= 11 is 0. The van der Waals surface area contributed by atoms with E-state index in [9.17, 15) is 4.79 Å². The zero-order valence-corrected chi connectivity index (χ0v) is 16.3. The van der Waals surface area contributed by atoms with Gasteiger partial charge in [-0.05, 0) is 51.1 Å². The number of aromatic nitrogens is 2. The number of benzene rings is 1. The predicted molar refractivity (Wildman–Crippen MR) is 106 cm³/mol. The summed E-state index contributed by atoms with van der Waals surface area (Å²) in [5.74, 6) is 0.352. The zero-order chi connectivity index (χ0) is 18.7. The molecule has 0 radical (unpaired) electrons. The van der Waals surface area contributed by atoms with Crippen molar-refractivity contribution in [3.8, 4) is 0 Å². The molecule has 2 aromatic rings. The van der Waals surface area contributed by atoms with Crippen LogP contribution in [0.15, 0.2) is 42.9 Å². The fourth-order valence-electron chi connectivity index (χ4n) is 4.84. The third kappa shape index (κ3) is 3.53. The molecule has 2 fully saturated rings. The minimum atomic E-state index is -0.294. The van der Waals surface area contributed by atoms with Crippen molar-refractivity contribution in [2.45, 2.75) is 57.7 Å². The molecule has 4 rings (SSSR count). The Hall–Kier alpha value is -2.14. The van der Waals surface area contributed by atoms with Crippen molar-refractivity contribution < 1.29 is 4.79 Å². The molecule has 0 bridgehead atoms. The van der Waals surface area contributed by atoms with Crippen LogP contribution in [-0.4, -0.2) is 50.4 Å². The Morgan fingerprint density at radius 3 is 2.67 bits per heavy atom. The Morgan fingerprint density at radius 1 is 1.11 bits per heavy atom. The second-order valence-electron chi connectivity index (χ2n) is 7.86. The Kier molecular flexibility index (Phi) is 5.30. The molecule has 0 N–H and O–H groups in total. The van der Waals surface area contributed by atoms with Gasteiger partial charge in [-0.2, -0.15) is 0 Å². The molecule has 1 atom stereocenters. The van der Waals surface area contributed by atoms with Crippen LogP contribution in [0.5, 0.6) is 0 Å². The summed E-state index contributed by atoms with van der Waals surface area (Å²) in [4.78, 5) is 22.4. The molecule has 0 saturated carbocycles. The highest BCUT2D eigenvalue weighted by molar-refractivity contribution is 5.87. The summed E-state index contributed by atoms with van der Waals surface area (Å²) in [6.07, 6.45) is 8.98. The van der Waals surface area contributed by atoms with Crippen LogP contribution in [0.4, 0.5) is 0 Å². The summed E-state index contributed by atoms with van der Waals surface area (Å²) in [5, 5.41) is 0. The van der Waals surface area contributed by atoms with Crippen LogP contribution < -0.4 is 0 Å². The normalized spacial score (nSPS) is 23.4. The minimum Gasteiger partial charge on any atom is -0.341 e. The van der Waals surface area contributed by atoms with Crippen LogP contribution in [0.3, 0.4) is 0 Å². The number of piperidine rings is 1. The SMILES string of the molecule is CCn1cncc1CN1CCCC12CCCN(CCc1ccccc1)C2=O. The van der Waals surface area contributed by atoms with Gasteiger partial charge < -0.3 is 9.47 Å². The summed E-state index contributed by atoms with van der Waals surface area (Å²) < 4.78 is 2.19. The van der Waals surface area contributed by atoms with Crippen molar-refractivity contribution in [1.29, 1.82) is 0 Å². The van der Waals surface area contributed by atoms with Gasteiger partial charge in [-0.15, -0.1) is 0 Å². The highest BCUT2D eigenvalue weighted by atomic mass is 16.2. The molecule has 1 aromatic heterocycles. The molecular formula is C22H30N4O. The second kappa shape index (κ2) is 7.85. The molecule has 5 nitrogen and oxygen atoms in total. The van der Waals surface area contributed by atoms with E-state index in [2.05, 4.69) is 50.5 Å². The molecule has 1 amide bonds. The summed E-state index contributed by atoms with van der Waals surface area (Å²) in [6.45, 7) is 6.62. The second-order valence-corrected chi connectivity index (χ2v) is 7.86. The lowest BCUT2D eigenvalue weighted by atomic mass is 9.85. The Balaban J connectivity index is 1.48. The van der Waals surface area contributed by atoms with Crippen molar-refractivity contribution in [3.63, 3.8) is 0 Å². The van der Waals surface area contributed by atoms with E-state index in [1.54, 1.807) is 0 Å². The number of carbonyl (C=O) groups is 1. The van der Waals surface area contributed by atoms with E-state index in [1.807, 2.05) is 18.6 Å². The number of amides is 1. The number of carbonyl (C=O) groups excluding carboxylic acids is 1. The average molecular weight is 367 g/mol. The van der Waals surface area contributed by atoms with Gasteiger partial charge in [-0.3, -0.25) is 9.69 Å². The van der Waals surface area contributed by atoms with Crippen LogP contribution in [0.2, 0.25) is 0 Å². The van der Waals surface area contributed by atoms with E-state index in [4.69, 9.17) is 0 Å². The van der Waals surface area contributed by atoms with E-state index in [1.165, 1.54) is 11.3 Å². The smallest absolute Gasteiger partial charge is 0.243 e. The van der Waals surface area contributed by atoms with Crippen molar-refractivity contribution in [1.82, 2.24) is 19.4 Å². The molecule has 144 valence electrons. The van der Waals surface area contributed by atoms with Crippen LogP contribution in [-0.2, 0) is 24.3 Å². The first-order valence-electron chi connectivity index (χ1n) is 10.3. The van der Waals surface area contributed by atoms with Crippen molar-refractivity contribution in [3.05, 3.63) is 54.1 Å². The lowest BCUT2D eigenvalue weighted by Crippen LogP contribution is -2.60. The molecule has 1 unspecified atom stereocenters. The van der Waals surface area contributed by atoms with Gasteiger partial charge in [0, 0.05) is 32.4 Å². The number of hydrogen-bond donors (Lipinski definition) is 0. The Labute approximate surface area is 162 Å². The molecule has 27 heavy (non-hydrogen) atoms. The monoisotopic (exact) mass is 366 g/mol. The van der Waals surface area contributed by atoms with E-state index >= 15 is 0 Å². The number of nitrogens with zero attached hydrogens (tertiary/aromatic N) is 4. The maximum absolute atomic E-state index is 13.5. The van der Waals surface area contributed by atoms with Crippen LogP contribution >= 0.6 is 0 Å². The van der Waals surface area contributed by atoms with Crippen LogP contribution in [0.1, 0.15) is 43.9 Å². The fourth-order valence-corrected chi connectivity index (χ4v) is 4.84. The standard InChI is InChI=1S/C22H30N4O/c1-2-24-18-23-16-20(24)17-26-14-7-12-22(26)11-6-13-25(21(22)27)15-10-19-8-4-3-5-9-19/h3-5,8-9,16,18H,2,6-7,10-15,17H2,1H3. The third-order valence-corrected chi connectivity index (χ3v) is 6.33. The topological polar surface area (TPSA) is 41.4 Å². The molecule has 1 spiro atoms. The lowest BCUT2D eigenvalue weighted by Gasteiger charge is -2.44. The van der Waals surface area contributed by atoms with Gasteiger partial charge >= 0.3 is 0 Å².